The summed E-state index contributed by atoms with van der Waals surface area (Å²) in [4.78, 5) is 0. The molecule has 0 aliphatic heterocycles. The average molecular weight is 257 g/mol. The molecule has 100 valence electrons. The molecule has 0 aliphatic carbocycles. The number of methoxy groups -OCH3 is 1. The quantitative estimate of drug-likeness (QED) is 0.865. The molecule has 0 saturated carbocycles. The molecule has 0 amide bonds. The maximum absolute atomic E-state index is 5.71. The van der Waals surface area contributed by atoms with Crippen molar-refractivity contribution in [1.82, 2.24) is 0 Å². The molecular weight excluding hydrogens is 238 g/mol. The fourth-order valence-electron chi connectivity index (χ4n) is 1.81. The zero-order valence-corrected chi connectivity index (χ0v) is 11.1. The van der Waals surface area contributed by atoms with Gasteiger partial charge in [-0.3, -0.25) is 0 Å². The molecule has 0 aromatic heterocycles. The SMILES string of the molecule is COc1ccc(OCc2ccc(CCN)cc2)cc1. The van der Waals surface area contributed by atoms with Gasteiger partial charge in [-0.25, -0.2) is 0 Å². The van der Waals surface area contributed by atoms with Crippen LogP contribution in [0, 0.1) is 0 Å². The highest BCUT2D eigenvalue weighted by atomic mass is 16.5. The minimum absolute atomic E-state index is 0.565. The first kappa shape index (κ1) is 13.4. The molecule has 0 bridgehead atoms. The summed E-state index contributed by atoms with van der Waals surface area (Å²) in [6, 6.07) is 15.9. The number of ether oxygens (including phenoxy) is 2. The molecule has 2 aromatic rings. The van der Waals surface area contributed by atoms with E-state index in [9.17, 15) is 0 Å². The highest BCUT2D eigenvalue weighted by molar-refractivity contribution is 5.31. The van der Waals surface area contributed by atoms with Crippen molar-refractivity contribution in [1.29, 1.82) is 0 Å². The number of hydrogen-bond donors (Lipinski definition) is 1. The number of hydrogen-bond acceptors (Lipinski definition) is 3. The third-order valence-corrected chi connectivity index (χ3v) is 2.92. The molecule has 0 radical (unpaired) electrons. The van der Waals surface area contributed by atoms with Gasteiger partial charge in [-0.05, 0) is 48.4 Å². The van der Waals surface area contributed by atoms with E-state index in [0.717, 1.165) is 23.5 Å². The van der Waals surface area contributed by atoms with E-state index in [2.05, 4.69) is 24.3 Å². The summed E-state index contributed by atoms with van der Waals surface area (Å²) in [5.41, 5.74) is 7.93. The van der Waals surface area contributed by atoms with Crippen molar-refractivity contribution < 1.29 is 9.47 Å². The molecule has 0 saturated heterocycles. The predicted molar refractivity (Wildman–Crippen MR) is 76.5 cm³/mol. The Kier molecular flexibility index (Phi) is 4.81. The van der Waals surface area contributed by atoms with Crippen molar-refractivity contribution in [2.24, 2.45) is 5.73 Å². The summed E-state index contributed by atoms with van der Waals surface area (Å²) in [6.07, 6.45) is 0.916. The Morgan fingerprint density at radius 1 is 0.842 bits per heavy atom. The van der Waals surface area contributed by atoms with Crippen molar-refractivity contribution in [3.05, 3.63) is 59.7 Å². The summed E-state index contributed by atoms with van der Waals surface area (Å²) in [7, 11) is 1.65. The van der Waals surface area contributed by atoms with Gasteiger partial charge in [-0.2, -0.15) is 0 Å². The molecule has 19 heavy (non-hydrogen) atoms. The van der Waals surface area contributed by atoms with E-state index in [-0.39, 0.29) is 0 Å². The third-order valence-electron chi connectivity index (χ3n) is 2.92. The van der Waals surface area contributed by atoms with E-state index in [1.165, 1.54) is 5.56 Å². The topological polar surface area (TPSA) is 44.5 Å². The summed E-state index contributed by atoms with van der Waals surface area (Å²) < 4.78 is 10.8. The number of benzene rings is 2. The van der Waals surface area contributed by atoms with Crippen molar-refractivity contribution in [3.8, 4) is 11.5 Å². The summed E-state index contributed by atoms with van der Waals surface area (Å²) in [5, 5.41) is 0. The van der Waals surface area contributed by atoms with Crippen LogP contribution in [0.3, 0.4) is 0 Å². The van der Waals surface area contributed by atoms with Gasteiger partial charge in [0.05, 0.1) is 7.11 Å². The highest BCUT2D eigenvalue weighted by Crippen LogP contribution is 2.18. The van der Waals surface area contributed by atoms with Gasteiger partial charge in [0, 0.05) is 0 Å². The molecule has 0 fully saturated rings. The molecule has 0 spiro atoms. The second-order valence-corrected chi connectivity index (χ2v) is 4.32. The van der Waals surface area contributed by atoms with Crippen molar-refractivity contribution in [2.75, 3.05) is 13.7 Å². The molecule has 0 heterocycles. The van der Waals surface area contributed by atoms with Gasteiger partial charge >= 0.3 is 0 Å². The summed E-state index contributed by atoms with van der Waals surface area (Å²) in [5.74, 6) is 1.67. The second kappa shape index (κ2) is 6.81. The Morgan fingerprint density at radius 3 is 2.00 bits per heavy atom. The Hall–Kier alpha value is -2.00. The van der Waals surface area contributed by atoms with Gasteiger partial charge < -0.3 is 15.2 Å². The van der Waals surface area contributed by atoms with Crippen molar-refractivity contribution in [2.45, 2.75) is 13.0 Å². The Labute approximate surface area is 114 Å². The molecule has 0 unspecified atom stereocenters. The van der Waals surface area contributed by atoms with Crippen LogP contribution in [0.5, 0.6) is 11.5 Å². The average Bonchev–Trinajstić information content (AvgIpc) is 2.47. The maximum atomic E-state index is 5.71. The first-order chi connectivity index (χ1) is 9.31. The smallest absolute Gasteiger partial charge is 0.120 e. The highest BCUT2D eigenvalue weighted by Gasteiger charge is 1.98. The lowest BCUT2D eigenvalue weighted by Gasteiger charge is -2.08. The monoisotopic (exact) mass is 257 g/mol. The Balaban J connectivity index is 1.90. The van der Waals surface area contributed by atoms with Gasteiger partial charge in [0.15, 0.2) is 0 Å². The van der Waals surface area contributed by atoms with Gasteiger partial charge in [-0.15, -0.1) is 0 Å². The molecule has 0 atom stereocenters. The molecule has 0 aliphatic rings. The van der Waals surface area contributed by atoms with E-state index >= 15 is 0 Å². The fraction of sp³-hybridized carbons (Fsp3) is 0.250. The molecule has 2 rings (SSSR count). The normalized spacial score (nSPS) is 10.2. The van der Waals surface area contributed by atoms with Crippen LogP contribution in [0.25, 0.3) is 0 Å². The minimum Gasteiger partial charge on any atom is -0.497 e. The van der Waals surface area contributed by atoms with E-state index in [1.807, 2.05) is 24.3 Å². The van der Waals surface area contributed by atoms with Crippen molar-refractivity contribution >= 4 is 0 Å². The third kappa shape index (κ3) is 4.00. The summed E-state index contributed by atoms with van der Waals surface area (Å²) >= 11 is 0. The zero-order chi connectivity index (χ0) is 13.5. The van der Waals surface area contributed by atoms with Gasteiger partial charge in [0.1, 0.15) is 18.1 Å². The lowest BCUT2D eigenvalue weighted by molar-refractivity contribution is 0.305. The lowest BCUT2D eigenvalue weighted by atomic mass is 10.1. The van der Waals surface area contributed by atoms with Crippen LogP contribution in [0.2, 0.25) is 0 Å². The van der Waals surface area contributed by atoms with E-state index in [1.54, 1.807) is 7.11 Å². The zero-order valence-electron chi connectivity index (χ0n) is 11.1. The molecule has 3 heteroatoms. The van der Waals surface area contributed by atoms with Crippen molar-refractivity contribution in [3.63, 3.8) is 0 Å². The van der Waals surface area contributed by atoms with E-state index in [0.29, 0.717) is 13.2 Å². The number of rotatable bonds is 6. The Bertz CT molecular complexity index is 491. The van der Waals surface area contributed by atoms with E-state index in [4.69, 9.17) is 15.2 Å². The first-order valence-corrected chi connectivity index (χ1v) is 6.36. The number of nitrogens with two attached hydrogens (primary N) is 1. The van der Waals surface area contributed by atoms with Crippen LogP contribution in [0.15, 0.2) is 48.5 Å². The van der Waals surface area contributed by atoms with Crippen LogP contribution in [-0.2, 0) is 13.0 Å². The van der Waals surface area contributed by atoms with Gasteiger partial charge in [0.2, 0.25) is 0 Å². The molecule has 2 aromatic carbocycles. The first-order valence-electron chi connectivity index (χ1n) is 6.36. The van der Waals surface area contributed by atoms with Crippen LogP contribution in [0.1, 0.15) is 11.1 Å². The molecule has 3 nitrogen and oxygen atoms in total. The van der Waals surface area contributed by atoms with Crippen LogP contribution < -0.4 is 15.2 Å². The van der Waals surface area contributed by atoms with Crippen LogP contribution >= 0.6 is 0 Å². The largest absolute Gasteiger partial charge is 0.497 e. The van der Waals surface area contributed by atoms with Gasteiger partial charge in [-0.1, -0.05) is 24.3 Å². The van der Waals surface area contributed by atoms with E-state index < -0.39 is 0 Å². The standard InChI is InChI=1S/C16H19NO2/c1-18-15-6-8-16(9-7-15)19-12-14-4-2-13(3-5-14)10-11-17/h2-9H,10-12,17H2,1H3. The lowest BCUT2D eigenvalue weighted by Crippen LogP contribution is -2.02. The second-order valence-electron chi connectivity index (χ2n) is 4.32. The predicted octanol–water partition coefficient (Wildman–Crippen LogP) is 2.78. The molecular formula is C16H19NO2. The van der Waals surface area contributed by atoms with Gasteiger partial charge in [0.25, 0.3) is 0 Å². The fourth-order valence-corrected chi connectivity index (χ4v) is 1.81. The molecule has 2 N–H and O–H groups in total. The summed E-state index contributed by atoms with van der Waals surface area (Å²) in [6.45, 7) is 1.25. The van der Waals surface area contributed by atoms with Crippen LogP contribution in [-0.4, -0.2) is 13.7 Å². The minimum atomic E-state index is 0.565. The Morgan fingerprint density at radius 2 is 1.42 bits per heavy atom. The maximum Gasteiger partial charge on any atom is 0.120 e. The van der Waals surface area contributed by atoms with Crippen LogP contribution in [0.4, 0.5) is 0 Å².